The normalized spacial score (nSPS) is 11.7. The second-order valence-corrected chi connectivity index (χ2v) is 4.98. The van der Waals surface area contributed by atoms with Crippen molar-refractivity contribution >= 4 is 0 Å². The molecular formula is C18H23NO3. The van der Waals surface area contributed by atoms with Crippen molar-refractivity contribution in [2.45, 2.75) is 13.0 Å². The Labute approximate surface area is 132 Å². The van der Waals surface area contributed by atoms with E-state index in [2.05, 4.69) is 12.2 Å². The number of hydrogen-bond acceptors (Lipinski definition) is 4. The van der Waals surface area contributed by atoms with E-state index in [4.69, 9.17) is 14.2 Å². The Hall–Kier alpha value is -2.20. The average molecular weight is 301 g/mol. The van der Waals surface area contributed by atoms with Crippen molar-refractivity contribution in [3.8, 4) is 17.2 Å². The van der Waals surface area contributed by atoms with Crippen LogP contribution in [-0.4, -0.2) is 32.9 Å². The van der Waals surface area contributed by atoms with Crippen LogP contribution in [0, 0.1) is 0 Å². The monoisotopic (exact) mass is 301 g/mol. The first-order chi connectivity index (χ1) is 10.8. The molecule has 0 spiro atoms. The molecule has 0 fully saturated rings. The molecule has 0 saturated heterocycles. The van der Waals surface area contributed by atoms with Gasteiger partial charge in [0.05, 0.1) is 7.11 Å². The van der Waals surface area contributed by atoms with Gasteiger partial charge in [-0.2, -0.15) is 0 Å². The quantitative estimate of drug-likeness (QED) is 0.722. The first kappa shape index (κ1) is 16.2. The van der Waals surface area contributed by atoms with E-state index in [0.717, 1.165) is 23.8 Å². The maximum absolute atomic E-state index is 5.71. The molecular weight excluding hydrogens is 278 g/mol. The second-order valence-electron chi connectivity index (χ2n) is 4.98. The minimum Gasteiger partial charge on any atom is -0.493 e. The highest BCUT2D eigenvalue weighted by atomic mass is 16.5. The molecule has 2 aromatic rings. The van der Waals surface area contributed by atoms with E-state index < -0.39 is 0 Å². The molecule has 0 heterocycles. The van der Waals surface area contributed by atoms with Gasteiger partial charge in [0.15, 0.2) is 11.5 Å². The molecule has 0 aliphatic carbocycles. The Morgan fingerprint density at radius 2 is 1.59 bits per heavy atom. The largest absolute Gasteiger partial charge is 0.493 e. The number of nitrogens with one attached hydrogen (secondary N) is 1. The third-order valence-corrected chi connectivity index (χ3v) is 3.16. The fourth-order valence-corrected chi connectivity index (χ4v) is 2.00. The van der Waals surface area contributed by atoms with E-state index in [1.165, 1.54) is 0 Å². The van der Waals surface area contributed by atoms with Crippen LogP contribution in [0.3, 0.4) is 0 Å². The molecule has 0 aliphatic heterocycles. The molecule has 0 radical (unpaired) electrons. The summed E-state index contributed by atoms with van der Waals surface area (Å²) in [6.07, 6.45) is 0. The molecule has 0 saturated carbocycles. The molecule has 0 aromatic heterocycles. The van der Waals surface area contributed by atoms with Crippen LogP contribution in [0.2, 0.25) is 0 Å². The lowest BCUT2D eigenvalue weighted by Gasteiger charge is -2.16. The van der Waals surface area contributed by atoms with E-state index in [1.807, 2.05) is 54.6 Å². The average Bonchev–Trinajstić information content (AvgIpc) is 2.58. The number of para-hydroxylation sites is 3. The number of rotatable bonds is 9. The minimum absolute atomic E-state index is 0.251. The van der Waals surface area contributed by atoms with Gasteiger partial charge in [0.25, 0.3) is 0 Å². The van der Waals surface area contributed by atoms with E-state index >= 15 is 0 Å². The lowest BCUT2D eigenvalue weighted by atomic mass is 10.3. The second kappa shape index (κ2) is 8.95. The molecule has 0 amide bonds. The van der Waals surface area contributed by atoms with Crippen molar-refractivity contribution in [3.63, 3.8) is 0 Å². The molecule has 22 heavy (non-hydrogen) atoms. The lowest BCUT2D eigenvalue weighted by Crippen LogP contribution is -2.34. The van der Waals surface area contributed by atoms with Crippen molar-refractivity contribution in [2.24, 2.45) is 0 Å². The molecule has 4 nitrogen and oxygen atoms in total. The number of benzene rings is 2. The van der Waals surface area contributed by atoms with E-state index in [0.29, 0.717) is 13.2 Å². The molecule has 2 aromatic carbocycles. The van der Waals surface area contributed by atoms with Crippen molar-refractivity contribution in [2.75, 3.05) is 26.9 Å². The van der Waals surface area contributed by atoms with E-state index in [-0.39, 0.29) is 6.04 Å². The summed E-state index contributed by atoms with van der Waals surface area (Å²) in [4.78, 5) is 0. The Morgan fingerprint density at radius 1 is 0.909 bits per heavy atom. The highest BCUT2D eigenvalue weighted by Gasteiger charge is 2.04. The molecule has 0 bridgehead atoms. The molecule has 2 rings (SSSR count). The lowest BCUT2D eigenvalue weighted by molar-refractivity contribution is 0.251. The van der Waals surface area contributed by atoms with Crippen molar-refractivity contribution < 1.29 is 14.2 Å². The van der Waals surface area contributed by atoms with Crippen molar-refractivity contribution in [1.82, 2.24) is 5.32 Å². The fraction of sp³-hybridized carbons (Fsp3) is 0.333. The molecule has 4 heteroatoms. The Bertz CT molecular complexity index is 545. The smallest absolute Gasteiger partial charge is 0.161 e. The third-order valence-electron chi connectivity index (χ3n) is 3.16. The van der Waals surface area contributed by atoms with Gasteiger partial charge in [-0.1, -0.05) is 30.3 Å². The highest BCUT2D eigenvalue weighted by molar-refractivity contribution is 5.39. The highest BCUT2D eigenvalue weighted by Crippen LogP contribution is 2.25. The molecule has 118 valence electrons. The van der Waals surface area contributed by atoms with Gasteiger partial charge in [-0.15, -0.1) is 0 Å². The molecule has 1 N–H and O–H groups in total. The summed E-state index contributed by atoms with van der Waals surface area (Å²) >= 11 is 0. The summed E-state index contributed by atoms with van der Waals surface area (Å²) in [6, 6.07) is 17.7. The van der Waals surface area contributed by atoms with Gasteiger partial charge in [0, 0.05) is 12.6 Å². The predicted molar refractivity (Wildman–Crippen MR) is 87.9 cm³/mol. The zero-order valence-electron chi connectivity index (χ0n) is 13.1. The zero-order valence-corrected chi connectivity index (χ0v) is 13.1. The van der Waals surface area contributed by atoms with E-state index in [9.17, 15) is 0 Å². The van der Waals surface area contributed by atoms with Gasteiger partial charge in [-0.3, -0.25) is 0 Å². The standard InChI is InChI=1S/C18H23NO3/c1-15(14-22-16-8-4-3-5-9-16)19-12-13-21-18-11-7-6-10-17(18)20-2/h3-11,15,19H,12-14H2,1-2H3. The van der Waals surface area contributed by atoms with Crippen LogP contribution in [0.5, 0.6) is 17.2 Å². The van der Waals surface area contributed by atoms with Crippen LogP contribution in [0.4, 0.5) is 0 Å². The van der Waals surface area contributed by atoms with E-state index in [1.54, 1.807) is 7.11 Å². The summed E-state index contributed by atoms with van der Waals surface area (Å²) in [5.41, 5.74) is 0. The van der Waals surface area contributed by atoms with Crippen LogP contribution in [0.15, 0.2) is 54.6 Å². The van der Waals surface area contributed by atoms with Gasteiger partial charge < -0.3 is 19.5 Å². The Kier molecular flexibility index (Phi) is 6.58. The summed E-state index contributed by atoms with van der Waals surface area (Å²) in [5, 5.41) is 3.37. The maximum atomic E-state index is 5.71. The number of ether oxygens (including phenoxy) is 3. The van der Waals surface area contributed by atoms with Crippen LogP contribution >= 0.6 is 0 Å². The molecule has 1 unspecified atom stereocenters. The zero-order chi connectivity index (χ0) is 15.6. The van der Waals surface area contributed by atoms with Gasteiger partial charge in [0.2, 0.25) is 0 Å². The topological polar surface area (TPSA) is 39.7 Å². The summed E-state index contributed by atoms with van der Waals surface area (Å²) < 4.78 is 16.7. The Balaban J connectivity index is 1.64. The maximum Gasteiger partial charge on any atom is 0.161 e. The van der Waals surface area contributed by atoms with Gasteiger partial charge in [-0.25, -0.2) is 0 Å². The third kappa shape index (κ3) is 5.30. The fourth-order valence-electron chi connectivity index (χ4n) is 2.00. The Morgan fingerprint density at radius 3 is 2.32 bits per heavy atom. The van der Waals surface area contributed by atoms with Crippen molar-refractivity contribution in [1.29, 1.82) is 0 Å². The van der Waals surface area contributed by atoms with Crippen molar-refractivity contribution in [3.05, 3.63) is 54.6 Å². The SMILES string of the molecule is COc1ccccc1OCCNC(C)COc1ccccc1. The van der Waals surface area contributed by atoms with Gasteiger partial charge in [0.1, 0.15) is 19.0 Å². The summed E-state index contributed by atoms with van der Waals surface area (Å²) in [7, 11) is 1.64. The van der Waals surface area contributed by atoms with Crippen LogP contribution in [-0.2, 0) is 0 Å². The molecule has 0 aliphatic rings. The van der Waals surface area contributed by atoms with Crippen LogP contribution in [0.25, 0.3) is 0 Å². The van der Waals surface area contributed by atoms with Gasteiger partial charge in [-0.05, 0) is 31.2 Å². The summed E-state index contributed by atoms with van der Waals surface area (Å²) in [5.74, 6) is 2.41. The van der Waals surface area contributed by atoms with Crippen LogP contribution in [0.1, 0.15) is 6.92 Å². The predicted octanol–water partition coefficient (Wildman–Crippen LogP) is 3.13. The number of hydrogen-bond donors (Lipinski definition) is 1. The first-order valence-electron chi connectivity index (χ1n) is 7.46. The summed E-state index contributed by atoms with van der Waals surface area (Å²) in [6.45, 7) is 4.04. The molecule has 1 atom stereocenters. The first-order valence-corrected chi connectivity index (χ1v) is 7.46. The number of methoxy groups -OCH3 is 1. The minimum atomic E-state index is 0.251. The van der Waals surface area contributed by atoms with Gasteiger partial charge >= 0.3 is 0 Å². The van der Waals surface area contributed by atoms with Crippen LogP contribution < -0.4 is 19.5 Å².